The van der Waals surface area contributed by atoms with Crippen LogP contribution in [0, 0.1) is 19.3 Å². The second kappa shape index (κ2) is 6.68. The Balaban J connectivity index is 2.21. The van der Waals surface area contributed by atoms with E-state index in [9.17, 15) is 9.59 Å². The van der Waals surface area contributed by atoms with E-state index in [1.165, 1.54) is 11.3 Å². The molecule has 0 atom stereocenters. The van der Waals surface area contributed by atoms with E-state index in [2.05, 4.69) is 21.5 Å². The predicted octanol–water partition coefficient (Wildman–Crippen LogP) is 2.07. The molecule has 0 spiro atoms. The van der Waals surface area contributed by atoms with Crippen molar-refractivity contribution >= 4 is 28.8 Å². The molecule has 2 N–H and O–H groups in total. The van der Waals surface area contributed by atoms with Crippen LogP contribution in [0.5, 0.6) is 0 Å². The molecule has 0 aliphatic carbocycles. The minimum Gasteiger partial charge on any atom is -0.341 e. The average Bonchev–Trinajstić information content (AvgIpc) is 2.91. The smallest absolute Gasteiger partial charge is 0.267 e. The van der Waals surface area contributed by atoms with E-state index < -0.39 is 0 Å². The van der Waals surface area contributed by atoms with Crippen LogP contribution in [0.25, 0.3) is 0 Å². The van der Waals surface area contributed by atoms with E-state index in [4.69, 9.17) is 6.42 Å². The molecule has 106 valence electrons. The molecule has 1 aromatic carbocycles. The summed E-state index contributed by atoms with van der Waals surface area (Å²) in [5.41, 5.74) is 3.07. The number of carbonyl (C=O) groups is 2. The van der Waals surface area contributed by atoms with E-state index in [0.717, 1.165) is 0 Å². The van der Waals surface area contributed by atoms with Gasteiger partial charge in [-0.25, -0.2) is 4.98 Å². The van der Waals surface area contributed by atoms with Crippen LogP contribution in [0.15, 0.2) is 29.8 Å². The number of para-hydroxylation sites is 1. The van der Waals surface area contributed by atoms with Crippen molar-refractivity contribution in [1.82, 2.24) is 10.3 Å². The normalized spacial score (nSPS) is 9.71. The van der Waals surface area contributed by atoms with Gasteiger partial charge in [0.15, 0.2) is 0 Å². The van der Waals surface area contributed by atoms with Gasteiger partial charge in [-0.2, -0.15) is 0 Å². The van der Waals surface area contributed by atoms with Gasteiger partial charge >= 0.3 is 0 Å². The molecule has 0 bridgehead atoms. The van der Waals surface area contributed by atoms with Crippen LogP contribution in [-0.2, 0) is 0 Å². The van der Waals surface area contributed by atoms with E-state index >= 15 is 0 Å². The fourth-order valence-electron chi connectivity index (χ4n) is 1.72. The molecule has 0 aliphatic rings. The molecule has 0 radical (unpaired) electrons. The molecule has 0 aliphatic heterocycles. The molecule has 0 unspecified atom stereocenters. The first-order chi connectivity index (χ1) is 10.1. The maximum absolute atomic E-state index is 12.2. The van der Waals surface area contributed by atoms with Crippen LogP contribution in [0.1, 0.15) is 25.7 Å². The molecule has 6 heteroatoms. The predicted molar refractivity (Wildman–Crippen MR) is 82.4 cm³/mol. The summed E-state index contributed by atoms with van der Waals surface area (Å²) in [4.78, 5) is 28.7. The van der Waals surface area contributed by atoms with Crippen LogP contribution in [0.3, 0.4) is 0 Å². The fourth-order valence-corrected chi connectivity index (χ4v) is 2.41. The summed E-state index contributed by atoms with van der Waals surface area (Å²) in [7, 11) is 0. The monoisotopic (exact) mass is 299 g/mol. The van der Waals surface area contributed by atoms with Gasteiger partial charge in [0.25, 0.3) is 11.8 Å². The quantitative estimate of drug-likeness (QED) is 0.849. The zero-order valence-electron chi connectivity index (χ0n) is 11.3. The lowest BCUT2D eigenvalue weighted by Crippen LogP contribution is -2.25. The minimum absolute atomic E-state index is 0.134. The van der Waals surface area contributed by atoms with Crippen molar-refractivity contribution in [2.45, 2.75) is 6.92 Å². The second-order valence-electron chi connectivity index (χ2n) is 4.15. The highest BCUT2D eigenvalue weighted by atomic mass is 32.1. The molecular weight excluding hydrogens is 286 g/mol. The number of rotatable bonds is 4. The van der Waals surface area contributed by atoms with Crippen molar-refractivity contribution < 1.29 is 9.59 Å². The van der Waals surface area contributed by atoms with Crippen LogP contribution in [0.4, 0.5) is 5.69 Å². The lowest BCUT2D eigenvalue weighted by atomic mass is 10.1. The molecule has 5 nitrogen and oxygen atoms in total. The molecule has 0 saturated heterocycles. The first-order valence-corrected chi connectivity index (χ1v) is 7.03. The van der Waals surface area contributed by atoms with Gasteiger partial charge in [0.2, 0.25) is 0 Å². The van der Waals surface area contributed by atoms with Gasteiger partial charge in [0.05, 0.1) is 29.0 Å². The van der Waals surface area contributed by atoms with Gasteiger partial charge in [-0.3, -0.25) is 9.59 Å². The number of amides is 2. The van der Waals surface area contributed by atoms with Gasteiger partial charge in [-0.15, -0.1) is 17.8 Å². The third-order valence-electron chi connectivity index (χ3n) is 2.72. The molecule has 2 rings (SSSR count). The lowest BCUT2D eigenvalue weighted by molar-refractivity contribution is 0.0959. The van der Waals surface area contributed by atoms with Crippen molar-refractivity contribution in [3.63, 3.8) is 0 Å². The van der Waals surface area contributed by atoms with E-state index in [-0.39, 0.29) is 18.4 Å². The number of anilines is 1. The Morgan fingerprint density at radius 3 is 2.76 bits per heavy atom. The van der Waals surface area contributed by atoms with Crippen molar-refractivity contribution in [2.24, 2.45) is 0 Å². The molecule has 2 aromatic rings. The van der Waals surface area contributed by atoms with Crippen LogP contribution in [-0.4, -0.2) is 23.3 Å². The number of benzene rings is 1. The van der Waals surface area contributed by atoms with Gasteiger partial charge in [0, 0.05) is 0 Å². The topological polar surface area (TPSA) is 71.1 Å². The molecule has 1 aromatic heterocycles. The fraction of sp³-hybridized carbons (Fsp3) is 0.133. The molecule has 0 saturated carbocycles. The largest absolute Gasteiger partial charge is 0.341 e. The van der Waals surface area contributed by atoms with Gasteiger partial charge < -0.3 is 10.6 Å². The van der Waals surface area contributed by atoms with Crippen molar-refractivity contribution in [3.05, 3.63) is 45.9 Å². The zero-order chi connectivity index (χ0) is 15.2. The third kappa shape index (κ3) is 3.46. The SMILES string of the molecule is C#CCNC(=O)c1ccccc1NC(=O)c1scnc1C. The Kier molecular flexibility index (Phi) is 4.69. The second-order valence-corrected chi connectivity index (χ2v) is 5.01. The highest BCUT2D eigenvalue weighted by molar-refractivity contribution is 7.12. The Bertz CT molecular complexity index is 716. The standard InChI is InChI=1S/C15H13N3O2S/c1-3-8-16-14(19)11-6-4-5-7-12(11)18-15(20)13-10(2)17-9-21-13/h1,4-7,9H,8H2,2H3,(H,16,19)(H,18,20). The van der Waals surface area contributed by atoms with E-state index in [1.807, 2.05) is 0 Å². The average molecular weight is 299 g/mol. The Morgan fingerprint density at radius 2 is 2.10 bits per heavy atom. The molecular formula is C15H13N3O2S. The van der Waals surface area contributed by atoms with Gasteiger partial charge in [-0.05, 0) is 19.1 Å². The number of aryl methyl sites for hydroxylation is 1. The molecule has 21 heavy (non-hydrogen) atoms. The maximum atomic E-state index is 12.2. The zero-order valence-corrected chi connectivity index (χ0v) is 12.2. The van der Waals surface area contributed by atoms with Gasteiger partial charge in [0.1, 0.15) is 4.88 Å². The highest BCUT2D eigenvalue weighted by Crippen LogP contribution is 2.19. The summed E-state index contributed by atoms with van der Waals surface area (Å²) in [5, 5.41) is 5.30. The number of hydrogen-bond acceptors (Lipinski definition) is 4. The molecule has 1 heterocycles. The van der Waals surface area contributed by atoms with Crippen LogP contribution >= 0.6 is 11.3 Å². The number of carbonyl (C=O) groups excluding carboxylic acids is 2. The number of nitrogens with zero attached hydrogens (tertiary/aromatic N) is 1. The van der Waals surface area contributed by atoms with Crippen molar-refractivity contribution in [3.8, 4) is 12.3 Å². The Hall–Kier alpha value is -2.65. The highest BCUT2D eigenvalue weighted by Gasteiger charge is 2.16. The molecule has 0 fully saturated rings. The first-order valence-electron chi connectivity index (χ1n) is 6.15. The maximum Gasteiger partial charge on any atom is 0.267 e. The summed E-state index contributed by atoms with van der Waals surface area (Å²) in [5.74, 6) is 1.72. The molecule has 2 amide bonds. The summed E-state index contributed by atoms with van der Waals surface area (Å²) in [6.07, 6.45) is 5.11. The van der Waals surface area contributed by atoms with E-state index in [0.29, 0.717) is 21.8 Å². The lowest BCUT2D eigenvalue weighted by Gasteiger charge is -2.10. The first kappa shape index (κ1) is 14.8. The van der Waals surface area contributed by atoms with Crippen molar-refractivity contribution in [2.75, 3.05) is 11.9 Å². The van der Waals surface area contributed by atoms with Gasteiger partial charge in [-0.1, -0.05) is 18.1 Å². The van der Waals surface area contributed by atoms with E-state index in [1.54, 1.807) is 36.7 Å². The minimum atomic E-state index is -0.329. The number of terminal acetylenes is 1. The van der Waals surface area contributed by atoms with Crippen molar-refractivity contribution in [1.29, 1.82) is 0 Å². The van der Waals surface area contributed by atoms with Crippen LogP contribution in [0.2, 0.25) is 0 Å². The number of nitrogens with one attached hydrogen (secondary N) is 2. The Labute approximate surface area is 126 Å². The summed E-state index contributed by atoms with van der Waals surface area (Å²) in [6.45, 7) is 1.89. The summed E-state index contributed by atoms with van der Waals surface area (Å²) in [6, 6.07) is 6.76. The number of hydrogen-bond donors (Lipinski definition) is 2. The summed E-state index contributed by atoms with van der Waals surface area (Å²) < 4.78 is 0. The number of aromatic nitrogens is 1. The summed E-state index contributed by atoms with van der Waals surface area (Å²) >= 11 is 1.25. The van der Waals surface area contributed by atoms with Crippen LogP contribution < -0.4 is 10.6 Å². The Morgan fingerprint density at radius 1 is 1.33 bits per heavy atom. The number of thiazole rings is 1. The third-order valence-corrected chi connectivity index (χ3v) is 3.65.